The smallest absolute Gasteiger partial charge is 0.320 e. The molecule has 1 aliphatic carbocycles. The Morgan fingerprint density at radius 1 is 1.43 bits per heavy atom. The van der Waals surface area contributed by atoms with E-state index < -0.39 is 10.3 Å². The normalized spacial score (nSPS) is 30.3. The molecule has 0 radical (unpaired) electrons. The number of unbranched alkanes of at least 4 members (excludes halogenated alkanes) is 4. The van der Waals surface area contributed by atoms with E-state index >= 15 is 0 Å². The minimum Gasteiger partial charge on any atom is -0.480 e. The first kappa shape index (κ1) is 12.0. The Kier molecular flexibility index (Phi) is 4.42. The van der Waals surface area contributed by atoms with Gasteiger partial charge >= 0.3 is 5.97 Å². The lowest BCUT2D eigenvalue weighted by molar-refractivity contribution is -0.137. The second kappa shape index (κ2) is 5.15. The monoisotopic (exact) mass is 262 g/mol. The van der Waals surface area contributed by atoms with Crippen molar-refractivity contribution in [2.75, 3.05) is 0 Å². The minimum atomic E-state index is -0.684. The molecule has 82 valence electrons. The molecule has 0 aromatic rings. The van der Waals surface area contributed by atoms with Crippen LogP contribution in [-0.2, 0) is 4.79 Å². The predicted octanol–water partition coefficient (Wildman–Crippen LogP) is 3.59. The van der Waals surface area contributed by atoms with Crippen LogP contribution in [0.4, 0.5) is 0 Å². The molecule has 1 fully saturated rings. The summed E-state index contributed by atoms with van der Waals surface area (Å²) in [7, 11) is 0. The van der Waals surface area contributed by atoms with Crippen LogP contribution in [0.1, 0.15) is 51.9 Å². The SMILES string of the molecule is CCCCCCCC1CC1(Br)C(=O)O. The molecule has 1 rings (SSSR count). The standard InChI is InChI=1S/C11H19BrO2/c1-2-3-4-5-6-7-9-8-11(9,12)10(13)14/h9H,2-8H2,1H3,(H,13,14). The average molecular weight is 263 g/mol. The first-order valence-corrected chi connectivity index (χ1v) is 6.33. The number of hydrogen-bond acceptors (Lipinski definition) is 1. The van der Waals surface area contributed by atoms with E-state index in [0.717, 1.165) is 12.8 Å². The number of aliphatic carboxylic acids is 1. The Balaban J connectivity index is 2.03. The zero-order valence-electron chi connectivity index (χ0n) is 8.76. The molecular weight excluding hydrogens is 244 g/mol. The molecule has 1 N–H and O–H groups in total. The van der Waals surface area contributed by atoms with Crippen molar-refractivity contribution in [1.82, 2.24) is 0 Å². The molecule has 2 nitrogen and oxygen atoms in total. The van der Waals surface area contributed by atoms with E-state index in [1.807, 2.05) is 0 Å². The number of carboxylic acids is 1. The Bertz CT molecular complexity index is 205. The van der Waals surface area contributed by atoms with Crippen LogP contribution >= 0.6 is 15.9 Å². The van der Waals surface area contributed by atoms with E-state index in [1.165, 1.54) is 32.1 Å². The lowest BCUT2D eigenvalue weighted by Gasteiger charge is -2.03. The summed E-state index contributed by atoms with van der Waals surface area (Å²) in [5.74, 6) is -0.308. The van der Waals surface area contributed by atoms with Gasteiger partial charge in [0.25, 0.3) is 0 Å². The van der Waals surface area contributed by atoms with Gasteiger partial charge in [0.1, 0.15) is 4.32 Å². The van der Waals surface area contributed by atoms with Gasteiger partial charge in [-0.1, -0.05) is 55.0 Å². The average Bonchev–Trinajstić information content (AvgIpc) is 2.79. The highest BCUT2D eigenvalue weighted by molar-refractivity contribution is 9.10. The molecule has 0 heterocycles. The number of hydrogen-bond donors (Lipinski definition) is 1. The molecule has 2 unspecified atom stereocenters. The summed E-state index contributed by atoms with van der Waals surface area (Å²) in [6.07, 6.45) is 8.20. The van der Waals surface area contributed by atoms with Crippen molar-refractivity contribution in [3.63, 3.8) is 0 Å². The van der Waals surface area contributed by atoms with Gasteiger partial charge in [-0.05, 0) is 18.8 Å². The maximum Gasteiger partial charge on any atom is 0.320 e. The van der Waals surface area contributed by atoms with Crippen LogP contribution in [0.5, 0.6) is 0 Å². The van der Waals surface area contributed by atoms with Gasteiger partial charge in [0.15, 0.2) is 0 Å². The summed E-state index contributed by atoms with van der Waals surface area (Å²) in [5.41, 5.74) is 0. The van der Waals surface area contributed by atoms with E-state index in [-0.39, 0.29) is 0 Å². The molecule has 3 heteroatoms. The van der Waals surface area contributed by atoms with Gasteiger partial charge in [0.05, 0.1) is 0 Å². The third-order valence-corrected chi connectivity index (χ3v) is 4.35. The van der Waals surface area contributed by atoms with E-state index in [0.29, 0.717) is 5.92 Å². The van der Waals surface area contributed by atoms with Crippen LogP contribution in [0.15, 0.2) is 0 Å². The Morgan fingerprint density at radius 2 is 2.07 bits per heavy atom. The van der Waals surface area contributed by atoms with E-state index in [2.05, 4.69) is 22.9 Å². The molecule has 0 saturated heterocycles. The van der Waals surface area contributed by atoms with Crippen LogP contribution in [0.3, 0.4) is 0 Å². The van der Waals surface area contributed by atoms with E-state index in [4.69, 9.17) is 5.11 Å². The molecule has 2 atom stereocenters. The first-order chi connectivity index (χ1) is 6.61. The summed E-state index contributed by atoms with van der Waals surface area (Å²) in [4.78, 5) is 10.8. The highest BCUT2D eigenvalue weighted by Crippen LogP contribution is 2.53. The quantitative estimate of drug-likeness (QED) is 0.563. The molecule has 1 saturated carbocycles. The zero-order chi connectivity index (χ0) is 10.6. The number of halogens is 1. The second-order valence-electron chi connectivity index (χ2n) is 4.27. The molecule has 0 bridgehead atoms. The lowest BCUT2D eigenvalue weighted by atomic mass is 10.1. The lowest BCUT2D eigenvalue weighted by Crippen LogP contribution is -2.16. The van der Waals surface area contributed by atoms with Crippen LogP contribution in [0.2, 0.25) is 0 Å². The van der Waals surface area contributed by atoms with Crippen molar-refractivity contribution in [3.05, 3.63) is 0 Å². The fourth-order valence-electron chi connectivity index (χ4n) is 1.89. The fourth-order valence-corrected chi connectivity index (χ4v) is 2.51. The van der Waals surface area contributed by atoms with Gasteiger partial charge in [0, 0.05) is 0 Å². The maximum atomic E-state index is 10.8. The first-order valence-electron chi connectivity index (χ1n) is 5.53. The highest BCUT2D eigenvalue weighted by atomic mass is 79.9. The molecule has 0 aliphatic heterocycles. The van der Waals surface area contributed by atoms with E-state index in [1.54, 1.807) is 0 Å². The topological polar surface area (TPSA) is 37.3 Å². The number of rotatable bonds is 7. The van der Waals surface area contributed by atoms with Gasteiger partial charge in [-0.2, -0.15) is 0 Å². The van der Waals surface area contributed by atoms with Gasteiger partial charge < -0.3 is 5.11 Å². The van der Waals surface area contributed by atoms with E-state index in [9.17, 15) is 4.79 Å². The molecule has 0 aromatic carbocycles. The Labute approximate surface area is 94.2 Å². The molecule has 0 aromatic heterocycles. The van der Waals surface area contributed by atoms with Crippen molar-refractivity contribution in [2.24, 2.45) is 5.92 Å². The van der Waals surface area contributed by atoms with Crippen LogP contribution in [0, 0.1) is 5.92 Å². The number of carbonyl (C=O) groups is 1. The third-order valence-electron chi connectivity index (χ3n) is 3.04. The van der Waals surface area contributed by atoms with Gasteiger partial charge in [-0.25, -0.2) is 0 Å². The van der Waals surface area contributed by atoms with Crippen molar-refractivity contribution in [3.8, 4) is 0 Å². The van der Waals surface area contributed by atoms with Crippen LogP contribution in [-0.4, -0.2) is 15.4 Å². The van der Waals surface area contributed by atoms with Crippen molar-refractivity contribution in [2.45, 2.75) is 56.2 Å². The Morgan fingerprint density at radius 3 is 2.57 bits per heavy atom. The van der Waals surface area contributed by atoms with Crippen molar-refractivity contribution < 1.29 is 9.90 Å². The summed E-state index contributed by atoms with van der Waals surface area (Å²) in [6.45, 7) is 2.20. The molecule has 14 heavy (non-hydrogen) atoms. The fraction of sp³-hybridized carbons (Fsp3) is 0.909. The molecule has 0 amide bonds. The minimum absolute atomic E-state index is 0.377. The van der Waals surface area contributed by atoms with Gasteiger partial charge in [0.2, 0.25) is 0 Å². The molecule has 0 spiro atoms. The highest BCUT2D eigenvalue weighted by Gasteiger charge is 2.57. The van der Waals surface area contributed by atoms with Crippen molar-refractivity contribution >= 4 is 21.9 Å². The molecule has 1 aliphatic rings. The van der Waals surface area contributed by atoms with Crippen molar-refractivity contribution in [1.29, 1.82) is 0 Å². The zero-order valence-corrected chi connectivity index (χ0v) is 10.3. The third kappa shape index (κ3) is 2.97. The number of carboxylic acid groups (broad SMARTS) is 1. The largest absolute Gasteiger partial charge is 0.480 e. The second-order valence-corrected chi connectivity index (χ2v) is 5.69. The predicted molar refractivity (Wildman–Crippen MR) is 60.8 cm³/mol. The molecular formula is C11H19BrO2. The van der Waals surface area contributed by atoms with Gasteiger partial charge in [-0.3, -0.25) is 4.79 Å². The van der Waals surface area contributed by atoms with Crippen LogP contribution in [0.25, 0.3) is 0 Å². The summed E-state index contributed by atoms with van der Waals surface area (Å²) in [5, 5.41) is 8.88. The van der Waals surface area contributed by atoms with Gasteiger partial charge in [-0.15, -0.1) is 0 Å². The summed E-state index contributed by atoms with van der Waals surface area (Å²) >= 11 is 3.30. The Hall–Kier alpha value is -0.0500. The summed E-state index contributed by atoms with van der Waals surface area (Å²) < 4.78 is -0.558. The maximum absolute atomic E-state index is 10.8. The van der Waals surface area contributed by atoms with Crippen LogP contribution < -0.4 is 0 Å². The summed E-state index contributed by atoms with van der Waals surface area (Å²) in [6, 6.07) is 0. The number of alkyl halides is 1.